The van der Waals surface area contributed by atoms with E-state index in [2.05, 4.69) is 5.92 Å². The van der Waals surface area contributed by atoms with Crippen LogP contribution >= 0.6 is 0 Å². The molecule has 3 nitrogen and oxygen atoms in total. The molecule has 3 heteroatoms. The van der Waals surface area contributed by atoms with Crippen molar-refractivity contribution in [3.8, 4) is 12.3 Å². The van der Waals surface area contributed by atoms with E-state index >= 15 is 0 Å². The van der Waals surface area contributed by atoms with Crippen LogP contribution in [0.15, 0.2) is 0 Å². The van der Waals surface area contributed by atoms with Crippen LogP contribution in [-0.2, 0) is 14.3 Å². The van der Waals surface area contributed by atoms with E-state index in [-0.39, 0.29) is 11.9 Å². The molecule has 1 rings (SSSR count). The molecule has 78 valence electrons. The number of terminal acetylenes is 1. The number of esters is 1. The van der Waals surface area contributed by atoms with Gasteiger partial charge in [0.1, 0.15) is 5.60 Å². The summed E-state index contributed by atoms with van der Waals surface area (Å²) in [6.45, 7) is 5.37. The van der Waals surface area contributed by atoms with Crippen molar-refractivity contribution in [2.75, 3.05) is 0 Å². The predicted molar refractivity (Wildman–Crippen MR) is 52.3 cm³/mol. The van der Waals surface area contributed by atoms with Gasteiger partial charge in [0.05, 0.1) is 0 Å². The molecule has 1 unspecified atom stereocenters. The topological polar surface area (TPSA) is 35.5 Å². The molecule has 0 radical (unpaired) electrons. The molecular formula is C11H16O3. The van der Waals surface area contributed by atoms with E-state index in [0.29, 0.717) is 6.42 Å². The lowest BCUT2D eigenvalue weighted by Gasteiger charge is -2.25. The van der Waals surface area contributed by atoms with Crippen molar-refractivity contribution in [2.45, 2.75) is 45.5 Å². The zero-order valence-corrected chi connectivity index (χ0v) is 8.87. The Morgan fingerprint density at radius 1 is 1.79 bits per heavy atom. The third-order valence-corrected chi connectivity index (χ3v) is 2.75. The highest BCUT2D eigenvalue weighted by Gasteiger charge is 2.45. The standard InChI is InChI=1S/C11H16O3/c1-5-11(6-2)8(3)7-10(14-11)13-9(4)12/h1,8,10H,6-7H2,2-4H3/t8-,10?,11+/m0/s1. The van der Waals surface area contributed by atoms with Gasteiger partial charge in [-0.05, 0) is 6.42 Å². The number of carbonyl (C=O) groups is 1. The summed E-state index contributed by atoms with van der Waals surface area (Å²) in [4.78, 5) is 10.7. The fourth-order valence-corrected chi connectivity index (χ4v) is 1.85. The SMILES string of the molecule is C#C[C@]1(CC)OC(OC(C)=O)C[C@@H]1C. The smallest absolute Gasteiger partial charge is 0.304 e. The van der Waals surface area contributed by atoms with Gasteiger partial charge in [-0.15, -0.1) is 6.42 Å². The Morgan fingerprint density at radius 3 is 2.79 bits per heavy atom. The summed E-state index contributed by atoms with van der Waals surface area (Å²) in [5, 5.41) is 0. The molecule has 1 heterocycles. The maximum Gasteiger partial charge on any atom is 0.304 e. The predicted octanol–water partition coefficient (Wildman–Crippen LogP) is 1.71. The molecule has 14 heavy (non-hydrogen) atoms. The second kappa shape index (κ2) is 4.02. The summed E-state index contributed by atoms with van der Waals surface area (Å²) in [5.41, 5.74) is -0.555. The third kappa shape index (κ3) is 1.91. The van der Waals surface area contributed by atoms with Crippen molar-refractivity contribution in [1.82, 2.24) is 0 Å². The number of hydrogen-bond donors (Lipinski definition) is 0. The highest BCUT2D eigenvalue weighted by atomic mass is 16.7. The van der Waals surface area contributed by atoms with Crippen LogP contribution < -0.4 is 0 Å². The van der Waals surface area contributed by atoms with Crippen LogP contribution in [0.2, 0.25) is 0 Å². The van der Waals surface area contributed by atoms with Gasteiger partial charge in [-0.1, -0.05) is 19.8 Å². The Kier molecular flexibility index (Phi) is 3.17. The van der Waals surface area contributed by atoms with E-state index in [0.717, 1.165) is 6.42 Å². The molecular weight excluding hydrogens is 180 g/mol. The molecule has 1 aliphatic rings. The third-order valence-electron chi connectivity index (χ3n) is 2.75. The highest BCUT2D eigenvalue weighted by molar-refractivity contribution is 5.66. The van der Waals surface area contributed by atoms with Gasteiger partial charge in [-0.3, -0.25) is 4.79 Å². The number of ether oxygens (including phenoxy) is 2. The maximum absolute atomic E-state index is 10.7. The minimum atomic E-state index is -0.555. The van der Waals surface area contributed by atoms with Crippen molar-refractivity contribution in [2.24, 2.45) is 5.92 Å². The first kappa shape index (κ1) is 11.1. The lowest BCUT2D eigenvalue weighted by Crippen LogP contribution is -2.32. The Morgan fingerprint density at radius 2 is 2.43 bits per heavy atom. The maximum atomic E-state index is 10.7. The van der Waals surface area contributed by atoms with Gasteiger partial charge < -0.3 is 9.47 Å². The molecule has 1 aliphatic heterocycles. The van der Waals surface area contributed by atoms with Crippen molar-refractivity contribution in [1.29, 1.82) is 0 Å². The molecule has 0 spiro atoms. The van der Waals surface area contributed by atoms with Crippen molar-refractivity contribution >= 4 is 5.97 Å². The van der Waals surface area contributed by atoms with Crippen LogP contribution in [-0.4, -0.2) is 17.9 Å². The van der Waals surface area contributed by atoms with Gasteiger partial charge in [0.25, 0.3) is 0 Å². The van der Waals surface area contributed by atoms with E-state index in [4.69, 9.17) is 15.9 Å². The Hall–Kier alpha value is -1.01. The monoisotopic (exact) mass is 196 g/mol. The average molecular weight is 196 g/mol. The number of rotatable bonds is 2. The van der Waals surface area contributed by atoms with Crippen LogP contribution in [0, 0.1) is 18.3 Å². The van der Waals surface area contributed by atoms with Crippen molar-refractivity contribution in [3.63, 3.8) is 0 Å². The molecule has 0 aliphatic carbocycles. The van der Waals surface area contributed by atoms with Gasteiger partial charge in [-0.25, -0.2) is 0 Å². The fourth-order valence-electron chi connectivity index (χ4n) is 1.85. The Bertz CT molecular complexity index is 266. The highest BCUT2D eigenvalue weighted by Crippen LogP contribution is 2.38. The first-order chi connectivity index (χ1) is 6.54. The summed E-state index contributed by atoms with van der Waals surface area (Å²) < 4.78 is 10.6. The summed E-state index contributed by atoms with van der Waals surface area (Å²) in [5.74, 6) is 2.56. The van der Waals surface area contributed by atoms with E-state index in [1.54, 1.807) is 0 Å². The lowest BCUT2D eigenvalue weighted by molar-refractivity contribution is -0.179. The van der Waals surface area contributed by atoms with Crippen molar-refractivity contribution < 1.29 is 14.3 Å². The molecule has 0 aromatic heterocycles. The molecule has 3 atom stereocenters. The van der Waals surface area contributed by atoms with Crippen LogP contribution in [0.5, 0.6) is 0 Å². The normalized spacial score (nSPS) is 36.4. The van der Waals surface area contributed by atoms with Gasteiger partial charge in [-0.2, -0.15) is 0 Å². The molecule has 0 aromatic carbocycles. The molecule has 0 N–H and O–H groups in total. The Labute approximate surface area is 84.8 Å². The van der Waals surface area contributed by atoms with Crippen LogP contribution in [0.3, 0.4) is 0 Å². The molecule has 0 bridgehead atoms. The molecule has 0 amide bonds. The van der Waals surface area contributed by atoms with E-state index < -0.39 is 11.9 Å². The zero-order valence-electron chi connectivity index (χ0n) is 8.87. The quantitative estimate of drug-likeness (QED) is 0.498. The van der Waals surface area contributed by atoms with Crippen LogP contribution in [0.25, 0.3) is 0 Å². The lowest BCUT2D eigenvalue weighted by atomic mass is 9.87. The van der Waals surface area contributed by atoms with E-state index in [1.807, 2.05) is 13.8 Å². The number of hydrogen-bond acceptors (Lipinski definition) is 3. The summed E-state index contributed by atoms with van der Waals surface area (Å²) in [6.07, 6.45) is 6.39. The minimum absolute atomic E-state index is 0.224. The molecule has 1 fully saturated rings. The van der Waals surface area contributed by atoms with Crippen LogP contribution in [0.1, 0.15) is 33.6 Å². The summed E-state index contributed by atoms with van der Waals surface area (Å²) in [7, 11) is 0. The minimum Gasteiger partial charge on any atom is -0.436 e. The van der Waals surface area contributed by atoms with Crippen molar-refractivity contribution in [3.05, 3.63) is 0 Å². The van der Waals surface area contributed by atoms with Crippen LogP contribution in [0.4, 0.5) is 0 Å². The second-order valence-corrected chi connectivity index (χ2v) is 3.68. The summed E-state index contributed by atoms with van der Waals surface area (Å²) >= 11 is 0. The number of carbonyl (C=O) groups excluding carboxylic acids is 1. The Balaban J connectivity index is 2.68. The molecule has 0 saturated carbocycles. The van der Waals surface area contributed by atoms with Gasteiger partial charge in [0, 0.05) is 19.3 Å². The largest absolute Gasteiger partial charge is 0.436 e. The van der Waals surface area contributed by atoms with Gasteiger partial charge in [0.2, 0.25) is 6.29 Å². The first-order valence-electron chi connectivity index (χ1n) is 4.87. The second-order valence-electron chi connectivity index (χ2n) is 3.68. The zero-order chi connectivity index (χ0) is 10.8. The molecule has 0 aromatic rings. The summed E-state index contributed by atoms with van der Waals surface area (Å²) in [6, 6.07) is 0. The molecule has 1 saturated heterocycles. The first-order valence-corrected chi connectivity index (χ1v) is 4.87. The fraction of sp³-hybridized carbons (Fsp3) is 0.727. The average Bonchev–Trinajstić information content (AvgIpc) is 2.42. The van der Waals surface area contributed by atoms with Gasteiger partial charge >= 0.3 is 5.97 Å². The van der Waals surface area contributed by atoms with E-state index in [9.17, 15) is 4.79 Å². The van der Waals surface area contributed by atoms with E-state index in [1.165, 1.54) is 6.92 Å². The van der Waals surface area contributed by atoms with Gasteiger partial charge in [0.15, 0.2) is 0 Å².